The summed E-state index contributed by atoms with van der Waals surface area (Å²) < 4.78 is 30.3. The number of carbonyl (C=O) groups is 1. The van der Waals surface area contributed by atoms with Gasteiger partial charge in [-0.25, -0.2) is 8.42 Å². The molecule has 28 heavy (non-hydrogen) atoms. The highest BCUT2D eigenvalue weighted by molar-refractivity contribution is 7.92. The van der Waals surface area contributed by atoms with Gasteiger partial charge in [-0.05, 0) is 30.7 Å². The van der Waals surface area contributed by atoms with Gasteiger partial charge in [-0.1, -0.05) is 18.2 Å². The van der Waals surface area contributed by atoms with Gasteiger partial charge < -0.3 is 10.1 Å². The fourth-order valence-electron chi connectivity index (χ4n) is 2.59. The Morgan fingerprint density at radius 2 is 1.86 bits per heavy atom. The second kappa shape index (κ2) is 8.70. The maximum atomic E-state index is 12.3. The fraction of sp³-hybridized carbons (Fsp3) is 0.278. The van der Waals surface area contributed by atoms with Gasteiger partial charge in [0, 0.05) is 12.6 Å². The molecule has 2 rings (SSSR count). The maximum absolute atomic E-state index is 12.3. The molecule has 0 aromatic heterocycles. The van der Waals surface area contributed by atoms with Crippen LogP contribution in [0.3, 0.4) is 0 Å². The number of rotatable bonds is 8. The number of nitro groups is 1. The lowest BCUT2D eigenvalue weighted by molar-refractivity contribution is -0.385. The predicted molar refractivity (Wildman–Crippen MR) is 105 cm³/mol. The standard InChI is InChI=1S/C18H21N3O6S/c1-13-16(5-4-6-17(13)21(23)24)20(28(3,25)26)12-18(22)19-11-14-7-9-15(27-2)10-8-14/h4-10H,11-12H2,1-3H3,(H,19,22). The molecule has 9 nitrogen and oxygen atoms in total. The zero-order valence-corrected chi connectivity index (χ0v) is 16.5. The predicted octanol–water partition coefficient (Wildman–Crippen LogP) is 1.99. The van der Waals surface area contributed by atoms with Crippen molar-refractivity contribution in [3.63, 3.8) is 0 Å². The molecular formula is C18H21N3O6S. The summed E-state index contributed by atoms with van der Waals surface area (Å²) in [6.45, 7) is 1.16. The lowest BCUT2D eigenvalue weighted by Crippen LogP contribution is -2.40. The normalized spacial score (nSPS) is 11.0. The zero-order chi connectivity index (χ0) is 20.9. The minimum Gasteiger partial charge on any atom is -0.497 e. The summed E-state index contributed by atoms with van der Waals surface area (Å²) in [7, 11) is -2.29. The average molecular weight is 407 g/mol. The van der Waals surface area contributed by atoms with Crippen LogP contribution < -0.4 is 14.4 Å². The van der Waals surface area contributed by atoms with E-state index in [4.69, 9.17) is 4.74 Å². The first-order chi connectivity index (χ1) is 13.1. The topological polar surface area (TPSA) is 119 Å². The summed E-state index contributed by atoms with van der Waals surface area (Å²) in [5.74, 6) is 0.145. The van der Waals surface area contributed by atoms with Gasteiger partial charge in [0.15, 0.2) is 0 Å². The summed E-state index contributed by atoms with van der Waals surface area (Å²) in [6, 6.07) is 11.1. The molecule has 0 spiro atoms. The molecule has 0 saturated heterocycles. The largest absolute Gasteiger partial charge is 0.497 e. The van der Waals surface area contributed by atoms with Crippen LogP contribution in [0.25, 0.3) is 0 Å². The van der Waals surface area contributed by atoms with Gasteiger partial charge in [0.1, 0.15) is 12.3 Å². The minimum absolute atomic E-state index is 0.0938. The number of nitrogens with zero attached hydrogens (tertiary/aromatic N) is 2. The first-order valence-electron chi connectivity index (χ1n) is 8.25. The third-order valence-corrected chi connectivity index (χ3v) is 5.20. The summed E-state index contributed by atoms with van der Waals surface area (Å²) >= 11 is 0. The molecule has 0 unspecified atom stereocenters. The van der Waals surface area contributed by atoms with Crippen LogP contribution in [0.5, 0.6) is 5.75 Å². The summed E-state index contributed by atoms with van der Waals surface area (Å²) in [5, 5.41) is 13.8. The second-order valence-corrected chi connectivity index (χ2v) is 7.98. The second-order valence-electron chi connectivity index (χ2n) is 6.07. The fourth-order valence-corrected chi connectivity index (χ4v) is 3.50. The van der Waals surface area contributed by atoms with Gasteiger partial charge in [-0.2, -0.15) is 0 Å². The molecule has 150 valence electrons. The third-order valence-electron chi connectivity index (χ3n) is 4.08. The van der Waals surface area contributed by atoms with E-state index in [1.165, 1.54) is 25.1 Å². The van der Waals surface area contributed by atoms with Crippen molar-refractivity contribution < 1.29 is 22.9 Å². The van der Waals surface area contributed by atoms with Crippen LogP contribution >= 0.6 is 0 Å². The van der Waals surface area contributed by atoms with E-state index in [1.54, 1.807) is 31.4 Å². The molecule has 1 N–H and O–H groups in total. The minimum atomic E-state index is -3.84. The van der Waals surface area contributed by atoms with E-state index in [2.05, 4.69) is 5.32 Å². The van der Waals surface area contributed by atoms with Crippen LogP contribution in [0, 0.1) is 17.0 Å². The molecule has 2 aromatic carbocycles. The quantitative estimate of drug-likeness (QED) is 0.528. The number of anilines is 1. The van der Waals surface area contributed by atoms with Gasteiger partial charge in [0.2, 0.25) is 15.9 Å². The van der Waals surface area contributed by atoms with Crippen molar-refractivity contribution in [2.75, 3.05) is 24.2 Å². The molecule has 2 aromatic rings. The van der Waals surface area contributed by atoms with Crippen LogP contribution in [-0.2, 0) is 21.4 Å². The highest BCUT2D eigenvalue weighted by atomic mass is 32.2. The molecule has 0 aliphatic heterocycles. The molecule has 0 aliphatic carbocycles. The van der Waals surface area contributed by atoms with Crippen molar-refractivity contribution in [1.82, 2.24) is 5.32 Å². The molecule has 0 atom stereocenters. The van der Waals surface area contributed by atoms with E-state index < -0.39 is 27.4 Å². The lowest BCUT2D eigenvalue weighted by Gasteiger charge is -2.23. The van der Waals surface area contributed by atoms with Crippen LogP contribution in [0.1, 0.15) is 11.1 Å². The Labute approximate surface area is 163 Å². The number of nitro benzene ring substituents is 1. The monoisotopic (exact) mass is 407 g/mol. The molecule has 0 heterocycles. The Bertz CT molecular complexity index is 973. The zero-order valence-electron chi connectivity index (χ0n) is 15.7. The molecule has 0 aliphatic rings. The third kappa shape index (κ3) is 5.19. The maximum Gasteiger partial charge on any atom is 0.274 e. The van der Waals surface area contributed by atoms with Crippen molar-refractivity contribution in [2.45, 2.75) is 13.5 Å². The van der Waals surface area contributed by atoms with Crippen molar-refractivity contribution in [3.8, 4) is 5.75 Å². The van der Waals surface area contributed by atoms with E-state index in [0.29, 0.717) is 5.75 Å². The molecule has 10 heteroatoms. The van der Waals surface area contributed by atoms with Crippen molar-refractivity contribution >= 4 is 27.3 Å². The Morgan fingerprint density at radius 1 is 1.21 bits per heavy atom. The van der Waals surface area contributed by atoms with E-state index in [1.807, 2.05) is 0 Å². The molecule has 0 fully saturated rings. The number of benzene rings is 2. The Morgan fingerprint density at radius 3 is 2.39 bits per heavy atom. The summed E-state index contributed by atoms with van der Waals surface area (Å²) in [6.07, 6.45) is 0.946. The molecule has 0 radical (unpaired) electrons. The van der Waals surface area contributed by atoms with Crippen molar-refractivity contribution in [1.29, 1.82) is 0 Å². The Hall–Kier alpha value is -3.14. The molecule has 1 amide bonds. The van der Waals surface area contributed by atoms with Gasteiger partial charge in [-0.15, -0.1) is 0 Å². The number of hydrogen-bond donors (Lipinski definition) is 1. The first-order valence-corrected chi connectivity index (χ1v) is 10.1. The Kier molecular flexibility index (Phi) is 6.57. The van der Waals surface area contributed by atoms with E-state index in [9.17, 15) is 23.3 Å². The van der Waals surface area contributed by atoms with E-state index in [0.717, 1.165) is 16.1 Å². The van der Waals surface area contributed by atoms with Crippen LogP contribution in [0.4, 0.5) is 11.4 Å². The van der Waals surface area contributed by atoms with Crippen LogP contribution in [0.15, 0.2) is 42.5 Å². The molecule has 0 bridgehead atoms. The van der Waals surface area contributed by atoms with Gasteiger partial charge in [0.05, 0.1) is 29.5 Å². The van der Waals surface area contributed by atoms with Gasteiger partial charge in [-0.3, -0.25) is 19.2 Å². The van der Waals surface area contributed by atoms with Gasteiger partial charge >= 0.3 is 0 Å². The van der Waals surface area contributed by atoms with E-state index >= 15 is 0 Å². The van der Waals surface area contributed by atoms with Gasteiger partial charge in [0.25, 0.3) is 5.69 Å². The number of ether oxygens (including phenoxy) is 1. The highest BCUT2D eigenvalue weighted by Crippen LogP contribution is 2.29. The number of sulfonamides is 1. The van der Waals surface area contributed by atoms with Crippen LogP contribution in [-0.4, -0.2) is 39.2 Å². The Balaban J connectivity index is 2.17. The first kappa shape index (κ1) is 21.2. The lowest BCUT2D eigenvalue weighted by atomic mass is 10.1. The molecule has 0 saturated carbocycles. The molecular weight excluding hydrogens is 386 g/mol. The van der Waals surface area contributed by atoms with E-state index in [-0.39, 0.29) is 23.5 Å². The number of amides is 1. The average Bonchev–Trinajstić information content (AvgIpc) is 2.64. The smallest absolute Gasteiger partial charge is 0.274 e. The van der Waals surface area contributed by atoms with Crippen molar-refractivity contribution in [3.05, 3.63) is 63.7 Å². The highest BCUT2D eigenvalue weighted by Gasteiger charge is 2.25. The number of methoxy groups -OCH3 is 1. The SMILES string of the molecule is COc1ccc(CNC(=O)CN(c2cccc([N+](=O)[O-])c2C)S(C)(=O)=O)cc1. The number of hydrogen-bond acceptors (Lipinski definition) is 6. The summed E-state index contributed by atoms with van der Waals surface area (Å²) in [5.41, 5.74) is 0.855. The summed E-state index contributed by atoms with van der Waals surface area (Å²) in [4.78, 5) is 22.9. The number of nitrogens with one attached hydrogen (secondary N) is 1. The van der Waals surface area contributed by atoms with Crippen molar-refractivity contribution in [2.24, 2.45) is 0 Å². The number of carbonyl (C=O) groups excluding carboxylic acids is 1. The van der Waals surface area contributed by atoms with Crippen LogP contribution in [0.2, 0.25) is 0 Å².